The second-order valence-corrected chi connectivity index (χ2v) is 8.29. The summed E-state index contributed by atoms with van der Waals surface area (Å²) in [5, 5.41) is 0. The Labute approximate surface area is 140 Å². The molecule has 2 aromatic carbocycles. The van der Waals surface area contributed by atoms with Gasteiger partial charge in [0, 0.05) is 16.0 Å². The van der Waals surface area contributed by atoms with Gasteiger partial charge in [0.25, 0.3) is 0 Å². The molecule has 0 fully saturated rings. The summed E-state index contributed by atoms with van der Waals surface area (Å²) in [5.41, 5.74) is 2.15. The molecule has 0 saturated heterocycles. The predicted octanol–water partition coefficient (Wildman–Crippen LogP) is 4.49. The van der Waals surface area contributed by atoms with Crippen LogP contribution in [0.25, 0.3) is 20.9 Å². The Morgan fingerprint density at radius 2 is 1.26 bits per heavy atom. The van der Waals surface area contributed by atoms with Gasteiger partial charge in [-0.3, -0.25) is 0 Å². The van der Waals surface area contributed by atoms with Crippen molar-refractivity contribution in [2.24, 2.45) is 0 Å². The zero-order chi connectivity index (χ0) is 16.4. The van der Waals surface area contributed by atoms with Crippen LogP contribution >= 0.6 is 11.3 Å². The fourth-order valence-electron chi connectivity index (χ4n) is 2.27. The standard InChI is InChI=1S/C18H16O3S2/c1-21-15-7-3-13(4-8-15)17-11-12-18(22-17)14-5-9-16(10-6-14)23(2,19)20/h3-12H,1-2H3. The van der Waals surface area contributed by atoms with E-state index in [1.807, 2.05) is 36.4 Å². The van der Waals surface area contributed by atoms with E-state index in [-0.39, 0.29) is 0 Å². The Morgan fingerprint density at radius 1 is 0.783 bits per heavy atom. The summed E-state index contributed by atoms with van der Waals surface area (Å²) in [6.45, 7) is 0. The van der Waals surface area contributed by atoms with Crippen molar-refractivity contribution in [3.63, 3.8) is 0 Å². The molecule has 0 saturated carbocycles. The molecule has 0 atom stereocenters. The lowest BCUT2D eigenvalue weighted by atomic mass is 10.1. The van der Waals surface area contributed by atoms with Crippen molar-refractivity contribution in [1.82, 2.24) is 0 Å². The third-order valence-electron chi connectivity index (χ3n) is 3.55. The average Bonchev–Trinajstić information content (AvgIpc) is 3.04. The van der Waals surface area contributed by atoms with Gasteiger partial charge in [-0.15, -0.1) is 11.3 Å². The fourth-order valence-corrected chi connectivity index (χ4v) is 3.92. The van der Waals surface area contributed by atoms with Crippen LogP contribution in [0.4, 0.5) is 0 Å². The molecule has 0 amide bonds. The molecule has 3 nitrogen and oxygen atoms in total. The van der Waals surface area contributed by atoms with Crippen LogP contribution in [0.2, 0.25) is 0 Å². The van der Waals surface area contributed by atoms with Crippen LogP contribution in [0.1, 0.15) is 0 Å². The molecule has 0 radical (unpaired) electrons. The molecular formula is C18H16O3S2. The first-order valence-corrected chi connectivity index (χ1v) is 9.73. The van der Waals surface area contributed by atoms with Crippen molar-refractivity contribution in [2.45, 2.75) is 4.90 Å². The minimum Gasteiger partial charge on any atom is -0.497 e. The van der Waals surface area contributed by atoms with E-state index in [0.717, 1.165) is 26.6 Å². The van der Waals surface area contributed by atoms with Crippen LogP contribution in [-0.4, -0.2) is 21.8 Å². The molecule has 0 unspecified atom stereocenters. The Kier molecular flexibility index (Phi) is 4.24. The highest BCUT2D eigenvalue weighted by Crippen LogP contribution is 2.35. The van der Waals surface area contributed by atoms with Gasteiger partial charge in [-0.2, -0.15) is 0 Å². The summed E-state index contributed by atoms with van der Waals surface area (Å²) in [7, 11) is -1.50. The molecule has 1 aromatic heterocycles. The number of sulfone groups is 1. The second-order valence-electron chi connectivity index (χ2n) is 5.19. The van der Waals surface area contributed by atoms with Crippen LogP contribution in [0, 0.1) is 0 Å². The lowest BCUT2D eigenvalue weighted by Crippen LogP contribution is -1.95. The van der Waals surface area contributed by atoms with Crippen LogP contribution in [0.15, 0.2) is 65.6 Å². The lowest BCUT2D eigenvalue weighted by molar-refractivity contribution is 0.415. The second kappa shape index (κ2) is 6.18. The van der Waals surface area contributed by atoms with Gasteiger partial charge in [-0.05, 0) is 59.7 Å². The maximum absolute atomic E-state index is 11.5. The van der Waals surface area contributed by atoms with Crippen LogP contribution < -0.4 is 4.74 Å². The van der Waals surface area contributed by atoms with E-state index < -0.39 is 9.84 Å². The van der Waals surface area contributed by atoms with Crippen molar-refractivity contribution < 1.29 is 13.2 Å². The summed E-state index contributed by atoms with van der Waals surface area (Å²) in [4.78, 5) is 2.61. The van der Waals surface area contributed by atoms with Gasteiger partial charge >= 0.3 is 0 Å². The molecule has 0 N–H and O–H groups in total. The molecule has 0 aliphatic carbocycles. The zero-order valence-corrected chi connectivity index (χ0v) is 14.4. The molecule has 0 bridgehead atoms. The van der Waals surface area contributed by atoms with E-state index in [1.165, 1.54) is 6.26 Å². The minimum atomic E-state index is -3.15. The molecule has 1 heterocycles. The van der Waals surface area contributed by atoms with Gasteiger partial charge in [0.1, 0.15) is 5.75 Å². The summed E-state index contributed by atoms with van der Waals surface area (Å²) >= 11 is 1.68. The van der Waals surface area contributed by atoms with Gasteiger partial charge in [0.2, 0.25) is 0 Å². The highest BCUT2D eigenvalue weighted by molar-refractivity contribution is 7.90. The van der Waals surface area contributed by atoms with Gasteiger partial charge in [-0.25, -0.2) is 8.42 Å². The van der Waals surface area contributed by atoms with Crippen molar-refractivity contribution >= 4 is 21.2 Å². The summed E-state index contributed by atoms with van der Waals surface area (Å²) in [5.74, 6) is 0.835. The van der Waals surface area contributed by atoms with Crippen LogP contribution in [-0.2, 0) is 9.84 Å². The normalized spacial score (nSPS) is 11.4. The Hall–Kier alpha value is -2.11. The third kappa shape index (κ3) is 3.46. The number of benzene rings is 2. The van der Waals surface area contributed by atoms with Crippen LogP contribution in [0.5, 0.6) is 5.75 Å². The first kappa shape index (κ1) is 15.8. The first-order chi connectivity index (χ1) is 11.0. The Bertz CT molecular complexity index is 906. The summed E-state index contributed by atoms with van der Waals surface area (Å²) < 4.78 is 28.2. The monoisotopic (exact) mass is 344 g/mol. The molecule has 3 aromatic rings. The lowest BCUT2D eigenvalue weighted by Gasteiger charge is -2.02. The van der Waals surface area contributed by atoms with Gasteiger partial charge in [0.15, 0.2) is 9.84 Å². The van der Waals surface area contributed by atoms with Gasteiger partial charge < -0.3 is 4.74 Å². The minimum absolute atomic E-state index is 0.341. The number of hydrogen-bond acceptors (Lipinski definition) is 4. The van der Waals surface area contributed by atoms with Gasteiger partial charge in [0.05, 0.1) is 12.0 Å². The van der Waals surface area contributed by atoms with Crippen molar-refractivity contribution in [1.29, 1.82) is 0 Å². The SMILES string of the molecule is COc1ccc(-c2ccc(-c3ccc(S(C)(=O)=O)cc3)s2)cc1. The maximum Gasteiger partial charge on any atom is 0.175 e. The molecular weight excluding hydrogens is 328 g/mol. The molecule has 5 heteroatoms. The van der Waals surface area contributed by atoms with Crippen molar-refractivity contribution in [2.75, 3.05) is 13.4 Å². The van der Waals surface area contributed by atoms with Gasteiger partial charge in [-0.1, -0.05) is 12.1 Å². The van der Waals surface area contributed by atoms with E-state index in [0.29, 0.717) is 4.90 Å². The van der Waals surface area contributed by atoms with Crippen molar-refractivity contribution in [3.05, 3.63) is 60.7 Å². The zero-order valence-electron chi connectivity index (χ0n) is 12.8. The third-order valence-corrected chi connectivity index (χ3v) is 5.86. The summed E-state index contributed by atoms with van der Waals surface area (Å²) in [6.07, 6.45) is 1.22. The highest BCUT2D eigenvalue weighted by atomic mass is 32.2. The number of thiophene rings is 1. The van der Waals surface area contributed by atoms with Crippen molar-refractivity contribution in [3.8, 4) is 26.6 Å². The quantitative estimate of drug-likeness (QED) is 0.700. The van der Waals surface area contributed by atoms with E-state index in [9.17, 15) is 8.42 Å². The first-order valence-electron chi connectivity index (χ1n) is 7.02. The fraction of sp³-hybridized carbons (Fsp3) is 0.111. The molecule has 0 aliphatic rings. The van der Waals surface area contributed by atoms with E-state index in [1.54, 1.807) is 30.6 Å². The maximum atomic E-state index is 11.5. The molecule has 3 rings (SSSR count). The topological polar surface area (TPSA) is 43.4 Å². The number of ether oxygens (including phenoxy) is 1. The van der Waals surface area contributed by atoms with Crippen LogP contribution in [0.3, 0.4) is 0 Å². The molecule has 23 heavy (non-hydrogen) atoms. The molecule has 0 aliphatic heterocycles. The smallest absolute Gasteiger partial charge is 0.175 e. The largest absolute Gasteiger partial charge is 0.497 e. The Morgan fingerprint density at radius 3 is 1.70 bits per heavy atom. The summed E-state index contributed by atoms with van der Waals surface area (Å²) in [6, 6.07) is 19.1. The van der Waals surface area contributed by atoms with E-state index in [2.05, 4.69) is 12.1 Å². The molecule has 118 valence electrons. The number of hydrogen-bond donors (Lipinski definition) is 0. The Balaban J connectivity index is 1.89. The van der Waals surface area contributed by atoms with E-state index in [4.69, 9.17) is 4.74 Å². The average molecular weight is 344 g/mol. The highest BCUT2D eigenvalue weighted by Gasteiger charge is 2.09. The number of methoxy groups -OCH3 is 1. The predicted molar refractivity (Wildman–Crippen MR) is 94.9 cm³/mol. The number of rotatable bonds is 4. The van der Waals surface area contributed by atoms with E-state index >= 15 is 0 Å². The molecule has 0 spiro atoms.